The van der Waals surface area contributed by atoms with Gasteiger partial charge in [0.05, 0.1) is 6.20 Å². The van der Waals surface area contributed by atoms with E-state index in [0.717, 1.165) is 19.3 Å². The van der Waals surface area contributed by atoms with Crippen molar-refractivity contribution in [2.75, 3.05) is 13.1 Å². The van der Waals surface area contributed by atoms with Crippen LogP contribution in [-0.2, 0) is 10.0 Å². The molecule has 0 atom stereocenters. The molecule has 0 unspecified atom stereocenters. The van der Waals surface area contributed by atoms with Crippen molar-refractivity contribution < 1.29 is 8.42 Å². The number of aromatic amines is 1. The van der Waals surface area contributed by atoms with Gasteiger partial charge >= 0.3 is 0 Å². The third-order valence-corrected chi connectivity index (χ3v) is 4.83. The summed E-state index contributed by atoms with van der Waals surface area (Å²) in [4.78, 5) is 0.216. The Morgan fingerprint density at radius 2 is 2.31 bits per heavy atom. The van der Waals surface area contributed by atoms with E-state index in [1.807, 2.05) is 0 Å². The molecule has 1 aliphatic rings. The molecule has 1 fully saturated rings. The molecule has 3 N–H and O–H groups in total. The Hall–Kier alpha value is -0.920. The SMILES string of the molecule is NCCN(C1CCC1)S(=O)(=O)c1cn[nH]c1. The van der Waals surface area contributed by atoms with Gasteiger partial charge in [-0.15, -0.1) is 0 Å². The minimum Gasteiger partial charge on any atom is -0.329 e. The van der Waals surface area contributed by atoms with Crippen LogP contribution in [0, 0.1) is 0 Å². The maximum absolute atomic E-state index is 12.2. The number of rotatable bonds is 5. The fraction of sp³-hybridized carbons (Fsp3) is 0.667. The smallest absolute Gasteiger partial charge is 0.246 e. The van der Waals surface area contributed by atoms with Gasteiger partial charge in [0.25, 0.3) is 0 Å². The molecule has 0 radical (unpaired) electrons. The van der Waals surface area contributed by atoms with Crippen LogP contribution >= 0.6 is 0 Å². The average Bonchev–Trinajstić information content (AvgIpc) is 2.67. The van der Waals surface area contributed by atoms with E-state index < -0.39 is 10.0 Å². The molecule has 1 aromatic rings. The summed E-state index contributed by atoms with van der Waals surface area (Å²) >= 11 is 0. The summed E-state index contributed by atoms with van der Waals surface area (Å²) < 4.78 is 26.0. The van der Waals surface area contributed by atoms with E-state index in [1.165, 1.54) is 16.7 Å². The second kappa shape index (κ2) is 4.52. The van der Waals surface area contributed by atoms with Crippen LogP contribution in [0.15, 0.2) is 17.3 Å². The molecule has 0 spiro atoms. The molecule has 2 rings (SSSR count). The van der Waals surface area contributed by atoms with Crippen molar-refractivity contribution in [2.24, 2.45) is 5.73 Å². The highest BCUT2D eigenvalue weighted by molar-refractivity contribution is 7.89. The molecule has 0 aromatic carbocycles. The Kier molecular flexibility index (Phi) is 3.27. The van der Waals surface area contributed by atoms with E-state index in [9.17, 15) is 8.42 Å². The average molecular weight is 244 g/mol. The number of H-pyrrole nitrogens is 1. The van der Waals surface area contributed by atoms with Gasteiger partial charge in [-0.05, 0) is 12.8 Å². The molecule has 0 bridgehead atoms. The second-order valence-electron chi connectivity index (χ2n) is 3.92. The molecule has 6 nitrogen and oxygen atoms in total. The lowest BCUT2D eigenvalue weighted by atomic mass is 9.93. The van der Waals surface area contributed by atoms with Crippen molar-refractivity contribution >= 4 is 10.0 Å². The van der Waals surface area contributed by atoms with Crippen molar-refractivity contribution in [2.45, 2.75) is 30.2 Å². The number of nitrogens with zero attached hydrogens (tertiary/aromatic N) is 2. The summed E-state index contributed by atoms with van der Waals surface area (Å²) in [5.41, 5.74) is 5.47. The van der Waals surface area contributed by atoms with Gasteiger partial charge in [0.15, 0.2) is 0 Å². The minimum absolute atomic E-state index is 0.114. The van der Waals surface area contributed by atoms with Gasteiger partial charge in [-0.1, -0.05) is 6.42 Å². The molecule has 1 aromatic heterocycles. The third kappa shape index (κ3) is 1.98. The molecule has 0 aliphatic heterocycles. The van der Waals surface area contributed by atoms with Crippen LogP contribution in [0.3, 0.4) is 0 Å². The van der Waals surface area contributed by atoms with Gasteiger partial charge in [-0.25, -0.2) is 8.42 Å². The van der Waals surface area contributed by atoms with Crippen LogP contribution in [0.5, 0.6) is 0 Å². The first-order valence-electron chi connectivity index (χ1n) is 5.37. The number of nitrogens with one attached hydrogen (secondary N) is 1. The van der Waals surface area contributed by atoms with E-state index >= 15 is 0 Å². The standard InChI is InChI=1S/C9H16N4O2S/c10-4-5-13(8-2-1-3-8)16(14,15)9-6-11-12-7-9/h6-8H,1-5,10H2,(H,11,12). The summed E-state index contributed by atoms with van der Waals surface area (Å²) in [5, 5.41) is 6.19. The predicted octanol–water partition coefficient (Wildman–Crippen LogP) is -0.0884. The Morgan fingerprint density at radius 3 is 2.75 bits per heavy atom. The quantitative estimate of drug-likeness (QED) is 0.757. The molecular weight excluding hydrogens is 228 g/mol. The van der Waals surface area contributed by atoms with Crippen LogP contribution < -0.4 is 5.73 Å². The van der Waals surface area contributed by atoms with Gasteiger partial charge in [-0.3, -0.25) is 5.10 Å². The van der Waals surface area contributed by atoms with Gasteiger partial charge < -0.3 is 5.73 Å². The molecule has 1 saturated carbocycles. The molecule has 1 aliphatic carbocycles. The van der Waals surface area contributed by atoms with Crippen molar-refractivity contribution in [3.8, 4) is 0 Å². The maximum Gasteiger partial charge on any atom is 0.246 e. The lowest BCUT2D eigenvalue weighted by Gasteiger charge is -2.35. The van der Waals surface area contributed by atoms with Crippen LogP contribution in [-0.4, -0.2) is 42.1 Å². The topological polar surface area (TPSA) is 92.1 Å². The highest BCUT2D eigenvalue weighted by Gasteiger charge is 2.34. The van der Waals surface area contributed by atoms with E-state index in [1.54, 1.807) is 0 Å². The number of nitrogens with two attached hydrogens (primary N) is 1. The molecule has 90 valence electrons. The van der Waals surface area contributed by atoms with Crippen molar-refractivity contribution in [3.63, 3.8) is 0 Å². The Morgan fingerprint density at radius 1 is 1.56 bits per heavy atom. The van der Waals surface area contributed by atoms with Crippen LogP contribution in [0.2, 0.25) is 0 Å². The summed E-state index contributed by atoms with van der Waals surface area (Å²) in [6.45, 7) is 0.714. The predicted molar refractivity (Wildman–Crippen MR) is 59.2 cm³/mol. The van der Waals surface area contributed by atoms with Crippen LogP contribution in [0.25, 0.3) is 0 Å². The summed E-state index contributed by atoms with van der Waals surface area (Å²) in [7, 11) is -3.42. The fourth-order valence-corrected chi connectivity index (χ4v) is 3.42. The molecule has 16 heavy (non-hydrogen) atoms. The second-order valence-corrected chi connectivity index (χ2v) is 5.81. The highest BCUT2D eigenvalue weighted by Crippen LogP contribution is 2.29. The number of hydrogen-bond donors (Lipinski definition) is 2. The van der Waals surface area contributed by atoms with E-state index in [-0.39, 0.29) is 10.9 Å². The molecule has 1 heterocycles. The Bertz CT molecular complexity index is 424. The van der Waals surface area contributed by atoms with E-state index in [0.29, 0.717) is 13.1 Å². The first kappa shape index (κ1) is 11.6. The van der Waals surface area contributed by atoms with Crippen molar-refractivity contribution in [1.82, 2.24) is 14.5 Å². The number of aromatic nitrogens is 2. The molecule has 0 amide bonds. The zero-order valence-electron chi connectivity index (χ0n) is 8.96. The third-order valence-electron chi connectivity index (χ3n) is 2.91. The van der Waals surface area contributed by atoms with Crippen molar-refractivity contribution in [1.29, 1.82) is 0 Å². The lowest BCUT2D eigenvalue weighted by molar-refractivity contribution is 0.223. The lowest BCUT2D eigenvalue weighted by Crippen LogP contribution is -2.46. The summed E-state index contributed by atoms with van der Waals surface area (Å²) in [5.74, 6) is 0. The normalized spacial score (nSPS) is 17.6. The molecule has 7 heteroatoms. The number of sulfonamides is 1. The van der Waals surface area contributed by atoms with Crippen molar-refractivity contribution in [3.05, 3.63) is 12.4 Å². The Labute approximate surface area is 94.9 Å². The van der Waals surface area contributed by atoms with Gasteiger partial charge in [0.1, 0.15) is 4.90 Å². The van der Waals surface area contributed by atoms with Gasteiger partial charge in [0, 0.05) is 25.3 Å². The van der Waals surface area contributed by atoms with Crippen LogP contribution in [0.1, 0.15) is 19.3 Å². The van der Waals surface area contributed by atoms with E-state index in [2.05, 4.69) is 10.2 Å². The minimum atomic E-state index is -3.42. The zero-order valence-corrected chi connectivity index (χ0v) is 9.78. The molecule has 0 saturated heterocycles. The maximum atomic E-state index is 12.2. The Balaban J connectivity index is 2.24. The molecular formula is C9H16N4O2S. The summed E-state index contributed by atoms with van der Waals surface area (Å²) in [6, 6.07) is 0.114. The fourth-order valence-electron chi connectivity index (χ4n) is 1.82. The van der Waals surface area contributed by atoms with E-state index in [4.69, 9.17) is 5.73 Å². The zero-order chi connectivity index (χ0) is 11.6. The summed E-state index contributed by atoms with van der Waals surface area (Å²) in [6.07, 6.45) is 5.68. The monoisotopic (exact) mass is 244 g/mol. The first-order valence-corrected chi connectivity index (χ1v) is 6.81. The highest BCUT2D eigenvalue weighted by atomic mass is 32.2. The van der Waals surface area contributed by atoms with Crippen LogP contribution in [0.4, 0.5) is 0 Å². The largest absolute Gasteiger partial charge is 0.329 e. The first-order chi connectivity index (χ1) is 7.66. The van der Waals surface area contributed by atoms with Gasteiger partial charge in [0.2, 0.25) is 10.0 Å². The number of hydrogen-bond acceptors (Lipinski definition) is 4. The van der Waals surface area contributed by atoms with Gasteiger partial charge in [-0.2, -0.15) is 9.40 Å².